The Hall–Kier alpha value is -3.60. The average Bonchev–Trinajstić information content (AvgIpc) is 2.75. The predicted molar refractivity (Wildman–Crippen MR) is 112 cm³/mol. The van der Waals surface area contributed by atoms with E-state index in [1.165, 1.54) is 0 Å². The lowest BCUT2D eigenvalue weighted by Crippen LogP contribution is -2.39. The molecule has 0 atom stereocenters. The first-order valence-corrected chi connectivity index (χ1v) is 9.07. The Labute approximate surface area is 164 Å². The molecule has 28 heavy (non-hydrogen) atoms. The number of benzene rings is 2. The molecule has 5 nitrogen and oxygen atoms in total. The highest BCUT2D eigenvalue weighted by atomic mass is 16.5. The molecule has 2 heterocycles. The first-order valence-electron chi connectivity index (χ1n) is 9.07. The zero-order chi connectivity index (χ0) is 19.5. The van der Waals surface area contributed by atoms with Crippen LogP contribution in [0.5, 0.6) is 0 Å². The number of anilines is 2. The minimum absolute atomic E-state index is 0.0248. The van der Waals surface area contributed by atoms with E-state index in [1.54, 1.807) is 12.0 Å². The highest BCUT2D eigenvalue weighted by molar-refractivity contribution is 6.02. The zero-order valence-electron chi connectivity index (χ0n) is 15.7. The van der Waals surface area contributed by atoms with E-state index in [0.717, 1.165) is 33.8 Å². The van der Waals surface area contributed by atoms with Crippen LogP contribution in [0.2, 0.25) is 0 Å². The smallest absolute Gasteiger partial charge is 0.246 e. The lowest BCUT2D eigenvalue weighted by atomic mass is 10.0. The van der Waals surface area contributed by atoms with Gasteiger partial charge in [0.15, 0.2) is 5.82 Å². The molecule has 0 aliphatic carbocycles. The second-order valence-corrected chi connectivity index (χ2v) is 6.62. The van der Waals surface area contributed by atoms with E-state index in [-0.39, 0.29) is 12.5 Å². The van der Waals surface area contributed by atoms with Crippen LogP contribution in [0, 0.1) is 0 Å². The molecule has 2 aromatic carbocycles. The fourth-order valence-electron chi connectivity index (χ4n) is 3.27. The number of hydrogen-bond acceptors (Lipinski definition) is 4. The molecule has 0 saturated heterocycles. The summed E-state index contributed by atoms with van der Waals surface area (Å²) in [6, 6.07) is 19.9. The fraction of sp³-hybridized carbons (Fsp3) is 0.130. The number of carbonyl (C=O) groups is 1. The summed E-state index contributed by atoms with van der Waals surface area (Å²) in [6.07, 6.45) is 1.82. The van der Waals surface area contributed by atoms with Gasteiger partial charge in [0.1, 0.15) is 5.76 Å². The molecule has 0 fully saturated rings. The number of ether oxygens (including phenoxy) is 1. The van der Waals surface area contributed by atoms with Crippen molar-refractivity contribution in [1.82, 2.24) is 4.98 Å². The maximum atomic E-state index is 12.6. The number of nitrogens with zero attached hydrogens (tertiary/aromatic N) is 2. The van der Waals surface area contributed by atoms with E-state index in [0.29, 0.717) is 12.3 Å². The van der Waals surface area contributed by atoms with Crippen LogP contribution in [0.15, 0.2) is 73.4 Å². The normalized spacial score (nSPS) is 12.9. The Morgan fingerprint density at radius 2 is 1.96 bits per heavy atom. The maximum Gasteiger partial charge on any atom is 0.246 e. The molecule has 1 N–H and O–H groups in total. The van der Waals surface area contributed by atoms with Gasteiger partial charge in [0.2, 0.25) is 5.91 Å². The van der Waals surface area contributed by atoms with Crippen LogP contribution in [0.4, 0.5) is 11.5 Å². The van der Waals surface area contributed by atoms with E-state index in [9.17, 15) is 4.79 Å². The predicted octanol–water partition coefficient (Wildman–Crippen LogP) is 4.32. The molecule has 3 aromatic rings. The molecule has 1 aliphatic heterocycles. The lowest BCUT2D eigenvalue weighted by Gasteiger charge is -2.30. The standard InChI is InChI=1S/C23H21N3O2/c1-16(28-2)18-9-6-10-19(11-18)20-12-21-23(24-13-20)25-14-22(27)26(21)15-17-7-4-3-5-8-17/h3-13H,1,14-15H2,2H3,(H,24,25). The first kappa shape index (κ1) is 17.8. The second kappa shape index (κ2) is 7.56. The number of methoxy groups -OCH3 is 1. The van der Waals surface area contributed by atoms with E-state index in [4.69, 9.17) is 4.74 Å². The van der Waals surface area contributed by atoms with E-state index in [2.05, 4.69) is 16.9 Å². The average molecular weight is 371 g/mol. The summed E-state index contributed by atoms with van der Waals surface area (Å²) in [4.78, 5) is 18.9. The van der Waals surface area contributed by atoms with Crippen LogP contribution in [-0.4, -0.2) is 24.5 Å². The summed E-state index contributed by atoms with van der Waals surface area (Å²) >= 11 is 0. The minimum Gasteiger partial charge on any atom is -0.497 e. The number of hydrogen-bond donors (Lipinski definition) is 1. The molecule has 1 aliphatic rings. The van der Waals surface area contributed by atoms with Gasteiger partial charge in [-0.3, -0.25) is 4.79 Å². The van der Waals surface area contributed by atoms with Crippen molar-refractivity contribution in [3.63, 3.8) is 0 Å². The van der Waals surface area contributed by atoms with Gasteiger partial charge in [-0.15, -0.1) is 0 Å². The van der Waals surface area contributed by atoms with Gasteiger partial charge in [-0.1, -0.05) is 55.1 Å². The van der Waals surface area contributed by atoms with Gasteiger partial charge in [-0.05, 0) is 23.3 Å². The second-order valence-electron chi connectivity index (χ2n) is 6.62. The summed E-state index contributed by atoms with van der Waals surface area (Å²) in [5, 5.41) is 3.11. The summed E-state index contributed by atoms with van der Waals surface area (Å²) in [6.45, 7) is 4.68. The molecular formula is C23H21N3O2. The monoisotopic (exact) mass is 371 g/mol. The SMILES string of the molecule is C=C(OC)c1cccc(-c2cnc3c(c2)N(Cc2ccccc2)C(=O)CN3)c1. The van der Waals surface area contributed by atoms with Crippen molar-refractivity contribution in [3.8, 4) is 11.1 Å². The number of rotatable bonds is 5. The molecular weight excluding hydrogens is 350 g/mol. The summed E-state index contributed by atoms with van der Waals surface area (Å²) in [5.74, 6) is 1.35. The molecule has 5 heteroatoms. The van der Waals surface area contributed by atoms with Crippen molar-refractivity contribution in [1.29, 1.82) is 0 Å². The van der Waals surface area contributed by atoms with Crippen LogP contribution < -0.4 is 10.2 Å². The third-order valence-electron chi connectivity index (χ3n) is 4.81. The molecule has 1 amide bonds. The third-order valence-corrected chi connectivity index (χ3v) is 4.81. The number of nitrogens with one attached hydrogen (secondary N) is 1. The Balaban J connectivity index is 1.72. The van der Waals surface area contributed by atoms with Crippen molar-refractivity contribution in [3.05, 3.63) is 84.6 Å². The maximum absolute atomic E-state index is 12.6. The number of carbonyl (C=O) groups excluding carboxylic acids is 1. The Bertz CT molecular complexity index is 1030. The molecule has 0 saturated carbocycles. The van der Waals surface area contributed by atoms with Gasteiger partial charge in [-0.25, -0.2) is 4.98 Å². The number of amides is 1. The van der Waals surface area contributed by atoms with E-state index < -0.39 is 0 Å². The summed E-state index contributed by atoms with van der Waals surface area (Å²) < 4.78 is 5.24. The van der Waals surface area contributed by atoms with Crippen LogP contribution in [0.1, 0.15) is 11.1 Å². The lowest BCUT2D eigenvalue weighted by molar-refractivity contribution is -0.117. The third kappa shape index (κ3) is 3.47. The molecule has 140 valence electrons. The molecule has 0 bridgehead atoms. The van der Waals surface area contributed by atoms with Crippen LogP contribution >= 0.6 is 0 Å². The Morgan fingerprint density at radius 1 is 1.14 bits per heavy atom. The summed E-state index contributed by atoms with van der Waals surface area (Å²) in [7, 11) is 1.61. The summed E-state index contributed by atoms with van der Waals surface area (Å²) in [5.41, 5.74) is 4.69. The van der Waals surface area contributed by atoms with Crippen molar-refractivity contribution in [2.45, 2.75) is 6.54 Å². The Kier molecular flexibility index (Phi) is 4.81. The highest BCUT2D eigenvalue weighted by Gasteiger charge is 2.25. The first-order chi connectivity index (χ1) is 13.7. The molecule has 0 unspecified atom stereocenters. The van der Waals surface area contributed by atoms with Crippen molar-refractivity contribution < 1.29 is 9.53 Å². The number of pyridine rings is 1. The van der Waals surface area contributed by atoms with Crippen LogP contribution in [-0.2, 0) is 16.1 Å². The van der Waals surface area contributed by atoms with Gasteiger partial charge in [0.05, 0.1) is 25.9 Å². The number of fused-ring (bicyclic) bond motifs is 1. The molecule has 4 rings (SSSR count). The largest absolute Gasteiger partial charge is 0.497 e. The quantitative estimate of drug-likeness (QED) is 0.679. The van der Waals surface area contributed by atoms with Gasteiger partial charge < -0.3 is 15.0 Å². The van der Waals surface area contributed by atoms with Crippen LogP contribution in [0.3, 0.4) is 0 Å². The highest BCUT2D eigenvalue weighted by Crippen LogP contribution is 2.33. The van der Waals surface area contributed by atoms with Crippen molar-refractivity contribution in [2.24, 2.45) is 0 Å². The van der Waals surface area contributed by atoms with Gasteiger partial charge in [-0.2, -0.15) is 0 Å². The van der Waals surface area contributed by atoms with Crippen molar-refractivity contribution >= 4 is 23.2 Å². The van der Waals surface area contributed by atoms with Crippen molar-refractivity contribution in [2.75, 3.05) is 23.9 Å². The fourth-order valence-corrected chi connectivity index (χ4v) is 3.27. The minimum atomic E-state index is 0.0248. The molecule has 0 spiro atoms. The van der Waals surface area contributed by atoms with Crippen LogP contribution in [0.25, 0.3) is 16.9 Å². The zero-order valence-corrected chi connectivity index (χ0v) is 15.7. The van der Waals surface area contributed by atoms with E-state index in [1.807, 2.05) is 66.9 Å². The van der Waals surface area contributed by atoms with Gasteiger partial charge in [0.25, 0.3) is 0 Å². The van der Waals surface area contributed by atoms with Gasteiger partial charge >= 0.3 is 0 Å². The molecule has 0 radical (unpaired) electrons. The Morgan fingerprint density at radius 3 is 2.75 bits per heavy atom. The number of aromatic nitrogens is 1. The van der Waals surface area contributed by atoms with Gasteiger partial charge in [0, 0.05) is 17.3 Å². The van der Waals surface area contributed by atoms with E-state index >= 15 is 0 Å². The topological polar surface area (TPSA) is 54.5 Å². The molecule has 1 aromatic heterocycles.